The Hall–Kier alpha value is -2.52. The Bertz CT molecular complexity index is 879. The summed E-state index contributed by atoms with van der Waals surface area (Å²) < 4.78 is 7.79. The molecule has 104 valence electrons. The first-order valence-corrected chi connectivity index (χ1v) is 6.95. The zero-order chi connectivity index (χ0) is 15.0. The zero-order valence-electron chi connectivity index (χ0n) is 11.2. The van der Waals surface area contributed by atoms with E-state index in [1.807, 2.05) is 30.3 Å². The van der Waals surface area contributed by atoms with Crippen LogP contribution in [-0.2, 0) is 0 Å². The lowest BCUT2D eigenvalue weighted by molar-refractivity contribution is 0.415. The smallest absolute Gasteiger partial charge is 0.205 e. The van der Waals surface area contributed by atoms with Crippen molar-refractivity contribution in [1.29, 1.82) is 5.26 Å². The Morgan fingerprint density at radius 2 is 2.10 bits per heavy atom. The van der Waals surface area contributed by atoms with E-state index in [1.165, 1.54) is 0 Å². The van der Waals surface area contributed by atoms with Crippen LogP contribution in [0.1, 0.15) is 5.56 Å². The molecule has 0 radical (unpaired) electrons. The molecule has 5 nitrogen and oxygen atoms in total. The molecule has 0 fully saturated rings. The summed E-state index contributed by atoms with van der Waals surface area (Å²) in [6.45, 7) is 0. The Morgan fingerprint density at radius 3 is 2.81 bits per heavy atom. The number of hydrogen-bond acceptors (Lipinski definition) is 4. The van der Waals surface area contributed by atoms with E-state index in [0.717, 1.165) is 15.5 Å². The van der Waals surface area contributed by atoms with Crippen LogP contribution in [0.15, 0.2) is 40.9 Å². The van der Waals surface area contributed by atoms with Crippen molar-refractivity contribution >= 4 is 32.9 Å². The molecule has 2 aromatic carbocycles. The highest BCUT2D eigenvalue weighted by molar-refractivity contribution is 9.10. The van der Waals surface area contributed by atoms with Crippen LogP contribution in [-0.4, -0.2) is 16.7 Å². The van der Waals surface area contributed by atoms with Gasteiger partial charge in [0.1, 0.15) is 11.8 Å². The van der Waals surface area contributed by atoms with Crippen molar-refractivity contribution in [3.05, 3.63) is 46.4 Å². The van der Waals surface area contributed by atoms with Crippen LogP contribution < -0.4 is 10.5 Å². The molecule has 1 aromatic heterocycles. The summed E-state index contributed by atoms with van der Waals surface area (Å²) in [4.78, 5) is 4.34. The molecule has 2 N–H and O–H groups in total. The van der Waals surface area contributed by atoms with Crippen LogP contribution in [0.5, 0.6) is 5.75 Å². The van der Waals surface area contributed by atoms with Gasteiger partial charge in [-0.15, -0.1) is 0 Å². The fraction of sp³-hybridized carbons (Fsp3) is 0.0667. The SMILES string of the molecule is COc1ccc2c(c1)nc(N)n2-c1ccc(Br)cc1C#N. The minimum atomic E-state index is 0.331. The van der Waals surface area contributed by atoms with Gasteiger partial charge in [-0.1, -0.05) is 15.9 Å². The van der Waals surface area contributed by atoms with Gasteiger partial charge >= 0.3 is 0 Å². The molecule has 6 heteroatoms. The van der Waals surface area contributed by atoms with Gasteiger partial charge < -0.3 is 10.5 Å². The lowest BCUT2D eigenvalue weighted by Gasteiger charge is -2.09. The normalized spacial score (nSPS) is 10.5. The van der Waals surface area contributed by atoms with Gasteiger partial charge in [0.25, 0.3) is 0 Å². The van der Waals surface area contributed by atoms with Crippen molar-refractivity contribution in [1.82, 2.24) is 9.55 Å². The fourth-order valence-corrected chi connectivity index (χ4v) is 2.61. The van der Waals surface area contributed by atoms with E-state index in [9.17, 15) is 5.26 Å². The summed E-state index contributed by atoms with van der Waals surface area (Å²) in [7, 11) is 1.60. The molecule has 1 heterocycles. The number of methoxy groups -OCH3 is 1. The van der Waals surface area contributed by atoms with Gasteiger partial charge in [-0.05, 0) is 30.3 Å². The second kappa shape index (κ2) is 5.11. The number of nitrogen functional groups attached to an aromatic ring is 1. The molecule has 0 aliphatic heterocycles. The average Bonchev–Trinajstić information content (AvgIpc) is 2.82. The summed E-state index contributed by atoms with van der Waals surface area (Å²) in [5.74, 6) is 1.04. The number of nitriles is 1. The van der Waals surface area contributed by atoms with E-state index in [1.54, 1.807) is 17.7 Å². The molecular weight excluding hydrogens is 332 g/mol. The molecule has 0 aliphatic rings. The van der Waals surface area contributed by atoms with Crippen LogP contribution >= 0.6 is 15.9 Å². The molecule has 0 spiro atoms. The summed E-state index contributed by atoms with van der Waals surface area (Å²) in [6, 6.07) is 13.2. The highest BCUT2D eigenvalue weighted by atomic mass is 79.9. The average molecular weight is 343 g/mol. The Balaban J connectivity index is 2.31. The predicted octanol–water partition coefficient (Wildman–Crippen LogP) is 3.25. The number of benzene rings is 2. The number of imidazole rings is 1. The quantitative estimate of drug-likeness (QED) is 0.775. The van der Waals surface area contributed by atoms with Crippen LogP contribution in [0, 0.1) is 11.3 Å². The number of rotatable bonds is 2. The first-order valence-electron chi connectivity index (χ1n) is 6.16. The molecule has 0 amide bonds. The van der Waals surface area contributed by atoms with Crippen molar-refractivity contribution in [2.45, 2.75) is 0 Å². The Kier molecular flexibility index (Phi) is 3.28. The lowest BCUT2D eigenvalue weighted by Crippen LogP contribution is -2.02. The van der Waals surface area contributed by atoms with Gasteiger partial charge in [-0.25, -0.2) is 4.98 Å². The maximum absolute atomic E-state index is 9.32. The third-order valence-electron chi connectivity index (χ3n) is 3.21. The number of nitrogens with zero attached hydrogens (tertiary/aromatic N) is 3. The van der Waals surface area contributed by atoms with Crippen molar-refractivity contribution in [2.75, 3.05) is 12.8 Å². The number of fused-ring (bicyclic) bond motifs is 1. The molecule has 0 aliphatic carbocycles. The third kappa shape index (κ3) is 2.22. The molecule has 0 saturated carbocycles. The molecule has 0 bridgehead atoms. The first kappa shape index (κ1) is 13.5. The van der Waals surface area contributed by atoms with Gasteiger partial charge in [0.15, 0.2) is 0 Å². The number of halogens is 1. The summed E-state index contributed by atoms with van der Waals surface area (Å²) >= 11 is 3.36. The monoisotopic (exact) mass is 342 g/mol. The molecule has 3 aromatic rings. The third-order valence-corrected chi connectivity index (χ3v) is 3.70. The number of nitrogens with two attached hydrogens (primary N) is 1. The van der Waals surface area contributed by atoms with E-state index < -0.39 is 0 Å². The largest absolute Gasteiger partial charge is 0.497 e. The summed E-state index contributed by atoms with van der Waals surface area (Å²) in [5, 5.41) is 9.32. The van der Waals surface area contributed by atoms with Crippen molar-refractivity contribution in [3.63, 3.8) is 0 Å². The highest BCUT2D eigenvalue weighted by Gasteiger charge is 2.14. The van der Waals surface area contributed by atoms with Gasteiger partial charge in [-0.2, -0.15) is 5.26 Å². The zero-order valence-corrected chi connectivity index (χ0v) is 12.8. The van der Waals surface area contributed by atoms with E-state index in [-0.39, 0.29) is 0 Å². The van der Waals surface area contributed by atoms with Crippen LogP contribution in [0.3, 0.4) is 0 Å². The number of anilines is 1. The topological polar surface area (TPSA) is 76.9 Å². The second-order valence-corrected chi connectivity index (χ2v) is 5.35. The molecule has 21 heavy (non-hydrogen) atoms. The van der Waals surface area contributed by atoms with E-state index in [0.29, 0.717) is 22.9 Å². The summed E-state index contributed by atoms with van der Waals surface area (Å²) in [5.41, 5.74) is 8.79. The van der Waals surface area contributed by atoms with Gasteiger partial charge in [0, 0.05) is 10.5 Å². The van der Waals surface area contributed by atoms with E-state index in [2.05, 4.69) is 27.0 Å². The highest BCUT2D eigenvalue weighted by Crippen LogP contribution is 2.29. The Labute approximate surface area is 129 Å². The first-order chi connectivity index (χ1) is 10.1. The van der Waals surface area contributed by atoms with Crippen molar-refractivity contribution < 1.29 is 4.74 Å². The molecule has 0 saturated heterocycles. The maximum Gasteiger partial charge on any atom is 0.205 e. The van der Waals surface area contributed by atoms with Gasteiger partial charge in [0.2, 0.25) is 5.95 Å². The van der Waals surface area contributed by atoms with E-state index >= 15 is 0 Å². The van der Waals surface area contributed by atoms with Gasteiger partial charge in [0.05, 0.1) is 29.4 Å². The number of ether oxygens (including phenoxy) is 1. The van der Waals surface area contributed by atoms with Crippen molar-refractivity contribution in [3.8, 4) is 17.5 Å². The van der Waals surface area contributed by atoms with E-state index in [4.69, 9.17) is 10.5 Å². The Morgan fingerprint density at radius 1 is 1.29 bits per heavy atom. The number of aromatic nitrogens is 2. The predicted molar refractivity (Wildman–Crippen MR) is 84.4 cm³/mol. The van der Waals surface area contributed by atoms with Crippen LogP contribution in [0.2, 0.25) is 0 Å². The minimum Gasteiger partial charge on any atom is -0.497 e. The standard InChI is InChI=1S/C15H11BrN4O/c1-21-11-3-5-14-12(7-11)19-15(18)20(14)13-4-2-10(16)6-9(13)8-17/h2-7H,1H3,(H2,18,19). The second-order valence-electron chi connectivity index (χ2n) is 4.43. The molecule has 0 atom stereocenters. The van der Waals surface area contributed by atoms with Gasteiger partial charge in [-0.3, -0.25) is 4.57 Å². The fourth-order valence-electron chi connectivity index (χ4n) is 2.25. The summed E-state index contributed by atoms with van der Waals surface area (Å²) in [6.07, 6.45) is 0. The number of hydrogen-bond donors (Lipinski definition) is 1. The van der Waals surface area contributed by atoms with Crippen LogP contribution in [0.25, 0.3) is 16.7 Å². The minimum absolute atomic E-state index is 0.331. The molecule has 3 rings (SSSR count). The lowest BCUT2D eigenvalue weighted by atomic mass is 10.2. The van der Waals surface area contributed by atoms with Crippen molar-refractivity contribution in [2.24, 2.45) is 0 Å². The molecular formula is C15H11BrN4O. The van der Waals surface area contributed by atoms with Crippen LogP contribution in [0.4, 0.5) is 5.95 Å². The molecule has 0 unspecified atom stereocenters. The maximum atomic E-state index is 9.32.